The molecule has 0 fully saturated rings. The number of nitrogens with zero attached hydrogens (tertiary/aromatic N) is 6. The van der Waals surface area contributed by atoms with Crippen molar-refractivity contribution in [2.45, 2.75) is 12.7 Å². The molecule has 194 valence electrons. The number of aromatic nitrogens is 6. The standard InChI is InChI=1S/C27H17ClF3N7O/c28-18-8-3-5-16(11-18)14-37-15-32-26(36-37)35-25(39)21-13-33-38-23(27(29,30)31)12-22(34-24(21)38)20-10-4-7-17-6-1-2-9-19(17)20/h1-13,15H,14H2,(H,35,36,39). The summed E-state index contributed by atoms with van der Waals surface area (Å²) in [5.41, 5.74) is -0.0336. The van der Waals surface area contributed by atoms with Crippen molar-refractivity contribution in [2.75, 3.05) is 5.32 Å². The first kappa shape index (κ1) is 24.6. The minimum atomic E-state index is -4.75. The Balaban J connectivity index is 1.37. The molecule has 0 aliphatic heterocycles. The van der Waals surface area contributed by atoms with Gasteiger partial charge in [0, 0.05) is 10.6 Å². The second-order valence-electron chi connectivity index (χ2n) is 8.69. The molecule has 0 unspecified atom stereocenters. The van der Waals surface area contributed by atoms with Crippen molar-refractivity contribution in [2.24, 2.45) is 0 Å². The lowest BCUT2D eigenvalue weighted by molar-refractivity contribution is -0.142. The van der Waals surface area contributed by atoms with Crippen molar-refractivity contribution in [3.05, 3.63) is 107 Å². The molecule has 3 aromatic carbocycles. The van der Waals surface area contributed by atoms with E-state index in [2.05, 4.69) is 25.5 Å². The SMILES string of the molecule is O=C(Nc1ncn(Cc2cccc(Cl)c2)n1)c1cnn2c(C(F)(F)F)cc(-c3cccc4ccccc34)nc12. The number of hydrogen-bond acceptors (Lipinski definition) is 5. The number of fused-ring (bicyclic) bond motifs is 2. The Morgan fingerprint density at radius 3 is 2.62 bits per heavy atom. The molecular weight excluding hydrogens is 531 g/mol. The lowest BCUT2D eigenvalue weighted by Crippen LogP contribution is -2.16. The summed E-state index contributed by atoms with van der Waals surface area (Å²) >= 11 is 6.02. The van der Waals surface area contributed by atoms with Crippen LogP contribution in [0.2, 0.25) is 5.02 Å². The summed E-state index contributed by atoms with van der Waals surface area (Å²) in [6.45, 7) is 0.352. The number of nitrogens with one attached hydrogen (secondary N) is 1. The summed E-state index contributed by atoms with van der Waals surface area (Å²) in [6, 6.07) is 20.7. The predicted octanol–water partition coefficient (Wildman–Crippen LogP) is 6.11. The van der Waals surface area contributed by atoms with Gasteiger partial charge in [-0.05, 0) is 34.5 Å². The highest BCUT2D eigenvalue weighted by molar-refractivity contribution is 6.30. The van der Waals surface area contributed by atoms with E-state index in [1.54, 1.807) is 42.5 Å². The Morgan fingerprint density at radius 2 is 1.79 bits per heavy atom. The third kappa shape index (κ3) is 4.79. The van der Waals surface area contributed by atoms with Gasteiger partial charge in [-0.2, -0.15) is 18.3 Å². The maximum Gasteiger partial charge on any atom is 0.433 e. The first-order valence-corrected chi connectivity index (χ1v) is 12.0. The van der Waals surface area contributed by atoms with E-state index >= 15 is 0 Å². The molecule has 12 heteroatoms. The minimum Gasteiger partial charge on any atom is -0.289 e. The molecular formula is C27H17ClF3N7O. The molecule has 1 amide bonds. The fourth-order valence-electron chi connectivity index (χ4n) is 4.33. The number of carbonyl (C=O) groups is 1. The summed E-state index contributed by atoms with van der Waals surface area (Å²) < 4.78 is 44.3. The molecule has 8 nitrogen and oxygen atoms in total. The molecule has 6 aromatic rings. The van der Waals surface area contributed by atoms with Crippen LogP contribution in [0.1, 0.15) is 21.6 Å². The van der Waals surface area contributed by atoms with Gasteiger partial charge in [0.1, 0.15) is 11.9 Å². The van der Waals surface area contributed by atoms with E-state index in [0.29, 0.717) is 21.6 Å². The number of carbonyl (C=O) groups excluding carboxylic acids is 1. The third-order valence-corrected chi connectivity index (χ3v) is 6.30. The topological polar surface area (TPSA) is 90.0 Å². The zero-order valence-electron chi connectivity index (χ0n) is 19.9. The van der Waals surface area contributed by atoms with Crippen LogP contribution in [0, 0.1) is 0 Å². The van der Waals surface area contributed by atoms with E-state index in [1.807, 2.05) is 24.3 Å². The summed E-state index contributed by atoms with van der Waals surface area (Å²) in [7, 11) is 0. The van der Waals surface area contributed by atoms with Gasteiger partial charge in [0.05, 0.1) is 18.4 Å². The maximum absolute atomic E-state index is 14.1. The van der Waals surface area contributed by atoms with Gasteiger partial charge >= 0.3 is 6.18 Å². The van der Waals surface area contributed by atoms with Gasteiger partial charge in [0.25, 0.3) is 5.91 Å². The number of benzene rings is 3. The number of rotatable bonds is 5. The van der Waals surface area contributed by atoms with Crippen molar-refractivity contribution >= 4 is 39.9 Å². The highest BCUT2D eigenvalue weighted by Crippen LogP contribution is 2.35. The molecule has 3 heterocycles. The quantitative estimate of drug-likeness (QED) is 0.281. The number of amides is 1. The zero-order chi connectivity index (χ0) is 27.1. The van der Waals surface area contributed by atoms with Crippen LogP contribution < -0.4 is 5.32 Å². The van der Waals surface area contributed by atoms with Gasteiger partial charge in [-0.3, -0.25) is 10.1 Å². The fourth-order valence-corrected chi connectivity index (χ4v) is 4.54. The average molecular weight is 548 g/mol. The Labute approximate surface area is 223 Å². The van der Waals surface area contributed by atoms with Crippen molar-refractivity contribution in [1.82, 2.24) is 29.4 Å². The normalized spacial score (nSPS) is 11.8. The number of hydrogen-bond donors (Lipinski definition) is 1. The van der Waals surface area contributed by atoms with Gasteiger partial charge in [0.15, 0.2) is 11.3 Å². The van der Waals surface area contributed by atoms with E-state index in [4.69, 9.17) is 11.6 Å². The van der Waals surface area contributed by atoms with Gasteiger partial charge in [-0.15, -0.1) is 5.10 Å². The first-order valence-electron chi connectivity index (χ1n) is 11.7. The smallest absolute Gasteiger partial charge is 0.289 e. The van der Waals surface area contributed by atoms with Crippen molar-refractivity contribution < 1.29 is 18.0 Å². The molecule has 0 saturated carbocycles. The van der Waals surface area contributed by atoms with E-state index < -0.39 is 17.8 Å². The maximum atomic E-state index is 14.1. The fraction of sp³-hybridized carbons (Fsp3) is 0.0741. The largest absolute Gasteiger partial charge is 0.433 e. The van der Waals surface area contributed by atoms with Crippen LogP contribution in [-0.2, 0) is 12.7 Å². The molecule has 0 aliphatic rings. The summed E-state index contributed by atoms with van der Waals surface area (Å²) in [5, 5.41) is 12.7. The Hall–Kier alpha value is -4.77. The molecule has 0 bridgehead atoms. The Kier molecular flexibility index (Phi) is 5.99. The van der Waals surface area contributed by atoms with Crippen LogP contribution in [0.25, 0.3) is 27.7 Å². The van der Waals surface area contributed by atoms with Crippen LogP contribution in [0.5, 0.6) is 0 Å². The molecule has 1 N–H and O–H groups in total. The van der Waals surface area contributed by atoms with Gasteiger partial charge in [-0.25, -0.2) is 19.2 Å². The lowest BCUT2D eigenvalue weighted by Gasteiger charge is -2.13. The minimum absolute atomic E-state index is 0.0253. The summed E-state index contributed by atoms with van der Waals surface area (Å²) in [5.74, 6) is -0.774. The zero-order valence-corrected chi connectivity index (χ0v) is 20.6. The molecule has 0 spiro atoms. The Bertz CT molecular complexity index is 1860. The van der Waals surface area contributed by atoms with Gasteiger partial charge in [-0.1, -0.05) is 66.2 Å². The van der Waals surface area contributed by atoms with Crippen molar-refractivity contribution in [3.8, 4) is 11.3 Å². The molecule has 3 aromatic heterocycles. The highest BCUT2D eigenvalue weighted by Gasteiger charge is 2.36. The van der Waals surface area contributed by atoms with E-state index in [0.717, 1.165) is 28.6 Å². The number of anilines is 1. The van der Waals surface area contributed by atoms with Crippen LogP contribution in [0.3, 0.4) is 0 Å². The summed E-state index contributed by atoms with van der Waals surface area (Å²) in [4.78, 5) is 21.7. The van der Waals surface area contributed by atoms with Gasteiger partial charge in [0.2, 0.25) is 5.95 Å². The van der Waals surface area contributed by atoms with Crippen LogP contribution >= 0.6 is 11.6 Å². The monoisotopic (exact) mass is 547 g/mol. The third-order valence-electron chi connectivity index (χ3n) is 6.07. The molecule has 6 rings (SSSR count). The predicted molar refractivity (Wildman–Crippen MR) is 139 cm³/mol. The Morgan fingerprint density at radius 1 is 1.00 bits per heavy atom. The molecule has 0 saturated heterocycles. The lowest BCUT2D eigenvalue weighted by atomic mass is 10.0. The van der Waals surface area contributed by atoms with Gasteiger partial charge < -0.3 is 0 Å². The van der Waals surface area contributed by atoms with Crippen molar-refractivity contribution in [3.63, 3.8) is 0 Å². The second kappa shape index (κ2) is 9.52. The molecule has 39 heavy (non-hydrogen) atoms. The molecule has 0 atom stereocenters. The average Bonchev–Trinajstić information content (AvgIpc) is 3.54. The number of halogens is 4. The molecule has 0 radical (unpaired) electrons. The first-order chi connectivity index (χ1) is 18.8. The van der Waals surface area contributed by atoms with E-state index in [1.165, 1.54) is 11.0 Å². The van der Waals surface area contributed by atoms with Crippen LogP contribution in [0.15, 0.2) is 85.3 Å². The molecule has 0 aliphatic carbocycles. The van der Waals surface area contributed by atoms with Crippen LogP contribution in [-0.4, -0.2) is 35.3 Å². The second-order valence-corrected chi connectivity index (χ2v) is 9.13. The summed E-state index contributed by atoms with van der Waals surface area (Å²) in [6.07, 6.45) is -2.28. The highest BCUT2D eigenvalue weighted by atomic mass is 35.5. The van der Waals surface area contributed by atoms with E-state index in [-0.39, 0.29) is 22.9 Å². The van der Waals surface area contributed by atoms with E-state index in [9.17, 15) is 18.0 Å². The van der Waals surface area contributed by atoms with Crippen LogP contribution in [0.4, 0.5) is 19.1 Å². The van der Waals surface area contributed by atoms with Crippen molar-refractivity contribution in [1.29, 1.82) is 0 Å². The number of alkyl halides is 3.